The lowest BCUT2D eigenvalue weighted by Crippen LogP contribution is -1.81. The van der Waals surface area contributed by atoms with E-state index in [9.17, 15) is 0 Å². The topological polar surface area (TPSA) is 20.7 Å². The third kappa shape index (κ3) is 0.718. The summed E-state index contributed by atoms with van der Waals surface area (Å²) in [6, 6.07) is 0. The van der Waals surface area contributed by atoms with Gasteiger partial charge >= 0.3 is 0 Å². The molecule has 0 aliphatic rings. The Morgan fingerprint density at radius 1 is 2.14 bits per heavy atom. The summed E-state index contributed by atoms with van der Waals surface area (Å²) in [6.07, 6.45) is 2.89. The van der Waals surface area contributed by atoms with Crippen molar-refractivity contribution < 1.29 is 4.11 Å². The van der Waals surface area contributed by atoms with Gasteiger partial charge in [-0.3, -0.25) is 0 Å². The molecular weight excluding hydrogens is 109 g/mol. The fraction of sp³-hybridized carbons (Fsp3) is 0.250. The molecule has 0 fully saturated rings. The monoisotopic (exact) mass is 118 g/mol. The highest BCUT2D eigenvalue weighted by Crippen LogP contribution is 1.81. The van der Waals surface area contributed by atoms with E-state index in [-0.39, 0.29) is 4.77 Å². The number of nitrogens with one attached hydrogen (secondary N) is 1. The molecule has 0 atom stereocenters. The Bertz CT molecular complexity index is 271. The molecule has 0 amide bonds. The number of hydrogen-bond donors (Lipinski definition) is 1. The molecule has 0 aliphatic heterocycles. The van der Waals surface area contributed by atoms with Gasteiger partial charge in [0.25, 0.3) is 0 Å². The maximum atomic E-state index is 6.94. The van der Waals surface area contributed by atoms with Crippen LogP contribution in [0.15, 0.2) is 12.4 Å². The minimum atomic E-state index is -2.16. The van der Waals surface area contributed by atoms with Crippen molar-refractivity contribution in [1.82, 2.24) is 9.55 Å². The van der Waals surface area contributed by atoms with Crippen molar-refractivity contribution in [1.29, 1.82) is 0 Å². The van der Waals surface area contributed by atoms with Crippen LogP contribution < -0.4 is 0 Å². The van der Waals surface area contributed by atoms with E-state index in [0.717, 1.165) is 4.57 Å². The first kappa shape index (κ1) is 2.13. The van der Waals surface area contributed by atoms with Crippen LogP contribution in [0.4, 0.5) is 0 Å². The van der Waals surface area contributed by atoms with Crippen LogP contribution in [0.5, 0.6) is 0 Å². The Kier molecular flexibility index (Phi) is 0.457. The van der Waals surface area contributed by atoms with Gasteiger partial charge in [0, 0.05) is 23.5 Å². The Morgan fingerprint density at radius 2 is 3.00 bits per heavy atom. The smallest absolute Gasteiger partial charge is 0.176 e. The number of H-pyrrole nitrogens is 1. The first-order valence-electron chi connectivity index (χ1n) is 3.28. The van der Waals surface area contributed by atoms with E-state index in [2.05, 4.69) is 17.2 Å². The van der Waals surface area contributed by atoms with Crippen molar-refractivity contribution in [3.63, 3.8) is 0 Å². The van der Waals surface area contributed by atoms with Crippen molar-refractivity contribution >= 4 is 12.2 Å². The Balaban J connectivity index is 3.18. The predicted molar refractivity (Wildman–Crippen MR) is 30.6 cm³/mol. The minimum absolute atomic E-state index is 0.222. The SMILES string of the molecule is [2H][13C]([2H])([2H])n1cc[nH]c1=S. The summed E-state index contributed by atoms with van der Waals surface area (Å²) in [5, 5.41) is 0. The zero-order chi connectivity index (χ0) is 7.78. The summed E-state index contributed by atoms with van der Waals surface area (Å²) in [6.45, 7) is -2.16. The molecule has 7 heavy (non-hydrogen) atoms. The molecule has 0 spiro atoms. The second kappa shape index (κ2) is 1.50. The largest absolute Gasteiger partial charge is 0.337 e. The second-order valence-electron chi connectivity index (χ2n) is 1.14. The number of aromatic nitrogens is 2. The molecule has 1 rings (SSSR count). The summed E-state index contributed by atoms with van der Waals surface area (Å²) < 4.78 is 22.1. The van der Waals surface area contributed by atoms with Gasteiger partial charge in [0.15, 0.2) is 4.77 Å². The number of hydrogen-bond acceptors (Lipinski definition) is 1. The van der Waals surface area contributed by atoms with Gasteiger partial charge < -0.3 is 9.55 Å². The maximum Gasteiger partial charge on any atom is 0.176 e. The molecule has 38 valence electrons. The molecule has 1 aromatic heterocycles. The van der Waals surface area contributed by atoms with Crippen LogP contribution in [0.25, 0.3) is 0 Å². The quantitative estimate of drug-likeness (QED) is 0.399. The molecule has 0 aromatic carbocycles. The third-order valence-electron chi connectivity index (χ3n) is 0.649. The predicted octanol–water partition coefficient (Wildman–Crippen LogP) is 1.08. The zero-order valence-electron chi connectivity index (χ0n) is 6.51. The van der Waals surface area contributed by atoms with E-state index >= 15 is 0 Å². The molecule has 2 nitrogen and oxygen atoms in total. The van der Waals surface area contributed by atoms with Crippen LogP contribution >= 0.6 is 12.2 Å². The summed E-state index contributed by atoms with van der Waals surface area (Å²) >= 11 is 4.68. The van der Waals surface area contributed by atoms with E-state index in [1.54, 1.807) is 0 Å². The Morgan fingerprint density at radius 3 is 3.29 bits per heavy atom. The summed E-state index contributed by atoms with van der Waals surface area (Å²) in [5.74, 6) is 0. The Hall–Kier alpha value is -0.570. The van der Waals surface area contributed by atoms with Gasteiger partial charge in [-0.25, -0.2) is 0 Å². The van der Waals surface area contributed by atoms with Crippen molar-refractivity contribution in [2.45, 2.75) is 0 Å². The van der Waals surface area contributed by atoms with Gasteiger partial charge in [-0.1, -0.05) is 0 Å². The molecule has 0 aliphatic carbocycles. The molecule has 0 saturated carbocycles. The minimum Gasteiger partial charge on any atom is -0.337 e. The molecule has 0 radical (unpaired) electrons. The highest BCUT2D eigenvalue weighted by Gasteiger charge is 1.76. The van der Waals surface area contributed by atoms with Crippen LogP contribution in [-0.4, -0.2) is 9.55 Å². The molecule has 0 saturated heterocycles. The molecule has 1 heterocycles. The molecule has 1 aromatic rings. The molecular formula is C4H6N2S. The molecule has 1 N–H and O–H groups in total. The van der Waals surface area contributed by atoms with Gasteiger partial charge in [-0.2, -0.15) is 0 Å². The third-order valence-corrected chi connectivity index (χ3v) is 0.964. The van der Waals surface area contributed by atoms with Crippen LogP contribution in [-0.2, 0) is 6.98 Å². The van der Waals surface area contributed by atoms with Crippen molar-refractivity contribution in [2.24, 2.45) is 6.98 Å². The number of aryl methyl sites for hydroxylation is 1. The average molecular weight is 118 g/mol. The molecule has 3 heteroatoms. The van der Waals surface area contributed by atoms with Gasteiger partial charge in [0.05, 0.1) is 0 Å². The van der Waals surface area contributed by atoms with Crippen molar-refractivity contribution in [2.75, 3.05) is 0 Å². The number of nitrogens with zero attached hydrogens (tertiary/aromatic N) is 1. The number of imidazole rings is 1. The lowest BCUT2D eigenvalue weighted by molar-refractivity contribution is 0.894. The van der Waals surface area contributed by atoms with Crippen LogP contribution in [0.1, 0.15) is 4.11 Å². The van der Waals surface area contributed by atoms with Gasteiger partial charge in [0.1, 0.15) is 0 Å². The first-order chi connectivity index (χ1) is 4.52. The molecule has 0 bridgehead atoms. The fourth-order valence-electron chi connectivity index (χ4n) is 0.320. The second-order valence-corrected chi connectivity index (χ2v) is 1.52. The highest BCUT2D eigenvalue weighted by atomic mass is 32.1. The van der Waals surface area contributed by atoms with E-state index in [1.165, 1.54) is 12.4 Å². The normalized spacial score (nSPS) is 17.4. The Labute approximate surface area is 51.0 Å². The van der Waals surface area contributed by atoms with Crippen molar-refractivity contribution in [3.05, 3.63) is 17.2 Å². The standard InChI is InChI=1S/C4H6N2S/c1-6-3-2-5-4(6)7/h2-3H,1H3,(H,5,7)/i1+1D3. The van der Waals surface area contributed by atoms with E-state index in [0.29, 0.717) is 0 Å². The lowest BCUT2D eigenvalue weighted by Gasteiger charge is -1.79. The number of aromatic amines is 1. The first-order valence-corrected chi connectivity index (χ1v) is 2.19. The van der Waals surface area contributed by atoms with Gasteiger partial charge in [-0.15, -0.1) is 0 Å². The van der Waals surface area contributed by atoms with Crippen LogP contribution in [0, 0.1) is 4.77 Å². The molecule has 0 unspecified atom stereocenters. The number of rotatable bonds is 0. The fourth-order valence-corrected chi connectivity index (χ4v) is 0.449. The van der Waals surface area contributed by atoms with E-state index in [4.69, 9.17) is 4.11 Å². The summed E-state index contributed by atoms with van der Waals surface area (Å²) in [5.41, 5.74) is 0. The average Bonchev–Trinajstić information content (AvgIpc) is 2.11. The maximum absolute atomic E-state index is 6.94. The van der Waals surface area contributed by atoms with Crippen molar-refractivity contribution in [3.8, 4) is 0 Å². The van der Waals surface area contributed by atoms with Crippen LogP contribution in [0.2, 0.25) is 0 Å². The lowest BCUT2D eigenvalue weighted by atomic mass is 11.0. The summed E-state index contributed by atoms with van der Waals surface area (Å²) in [7, 11) is 0. The van der Waals surface area contributed by atoms with Gasteiger partial charge in [0.2, 0.25) is 0 Å². The summed E-state index contributed by atoms with van der Waals surface area (Å²) in [4.78, 5) is 2.59. The van der Waals surface area contributed by atoms with Gasteiger partial charge in [-0.05, 0) is 12.2 Å². The van der Waals surface area contributed by atoms with E-state index in [1.807, 2.05) is 0 Å². The highest BCUT2D eigenvalue weighted by molar-refractivity contribution is 7.71. The van der Waals surface area contributed by atoms with Crippen LogP contribution in [0.3, 0.4) is 0 Å². The van der Waals surface area contributed by atoms with E-state index < -0.39 is 6.98 Å². The zero-order valence-corrected chi connectivity index (χ0v) is 4.33.